The molecule has 47 heavy (non-hydrogen) atoms. The van der Waals surface area contributed by atoms with Crippen molar-refractivity contribution in [1.29, 1.82) is 0 Å². The Morgan fingerprint density at radius 1 is 1.19 bits per heavy atom. The van der Waals surface area contributed by atoms with Crippen LogP contribution in [-0.4, -0.2) is 54.4 Å². The highest BCUT2D eigenvalue weighted by atomic mass is 32.1. The van der Waals surface area contributed by atoms with Crippen LogP contribution in [0.5, 0.6) is 0 Å². The number of nitrogens with two attached hydrogens (primary N) is 1. The first-order valence-corrected chi connectivity index (χ1v) is 17.4. The van der Waals surface area contributed by atoms with Gasteiger partial charge in [0.15, 0.2) is 5.01 Å². The third-order valence-corrected chi connectivity index (χ3v) is 10.2. The van der Waals surface area contributed by atoms with Crippen LogP contribution in [0.1, 0.15) is 46.0 Å². The van der Waals surface area contributed by atoms with Crippen LogP contribution in [0.25, 0.3) is 20.7 Å². The molecule has 244 valence electrons. The summed E-state index contributed by atoms with van der Waals surface area (Å²) in [6.07, 6.45) is 0.919. The first kappa shape index (κ1) is 32.5. The number of nitrogens with zero attached hydrogens (tertiary/aromatic N) is 5. The summed E-state index contributed by atoms with van der Waals surface area (Å²) in [6.45, 7) is 1.65. The van der Waals surface area contributed by atoms with Crippen molar-refractivity contribution in [2.45, 2.75) is 32.0 Å². The fourth-order valence-electron chi connectivity index (χ4n) is 4.93. The molecular weight excluding hydrogens is 674 g/mol. The lowest BCUT2D eigenvalue weighted by Gasteiger charge is -2.15. The molecule has 1 aliphatic rings. The van der Waals surface area contributed by atoms with Gasteiger partial charge in [-0.3, -0.25) is 23.5 Å². The molecule has 0 saturated carbocycles. The van der Waals surface area contributed by atoms with Gasteiger partial charge in [0.05, 0.1) is 19.3 Å². The highest BCUT2D eigenvalue weighted by molar-refractivity contribution is 7.52. The van der Waals surface area contributed by atoms with Gasteiger partial charge in [0, 0.05) is 33.1 Å². The molecule has 5 aromatic rings. The second-order valence-corrected chi connectivity index (χ2v) is 14.2. The molecule has 1 aromatic carbocycles. The highest BCUT2D eigenvalue weighted by Crippen LogP contribution is 2.45. The summed E-state index contributed by atoms with van der Waals surface area (Å²) < 4.78 is 39.0. The Morgan fingerprint density at radius 3 is 2.79 bits per heavy atom. The van der Waals surface area contributed by atoms with Crippen molar-refractivity contribution in [1.82, 2.24) is 30.0 Å². The van der Waals surface area contributed by atoms with Gasteiger partial charge >= 0.3 is 7.60 Å². The number of hydrogen-bond acceptors (Lipinski definition) is 13. The van der Waals surface area contributed by atoms with Gasteiger partial charge in [0.1, 0.15) is 41.6 Å². The van der Waals surface area contributed by atoms with Gasteiger partial charge in [-0.15, -0.1) is 21.5 Å². The van der Waals surface area contributed by atoms with Crippen LogP contribution < -0.4 is 21.9 Å². The Kier molecular flexibility index (Phi) is 9.23. The summed E-state index contributed by atoms with van der Waals surface area (Å²) in [5.41, 5.74) is 4.90. The number of carbonyl (C=O) groups is 2. The minimum atomic E-state index is -4.11. The van der Waals surface area contributed by atoms with Gasteiger partial charge in [0.2, 0.25) is 10.9 Å². The van der Waals surface area contributed by atoms with E-state index in [1.165, 1.54) is 29.5 Å². The molecule has 0 radical (unpaired) electrons. The van der Waals surface area contributed by atoms with Crippen molar-refractivity contribution in [3.8, 4) is 10.6 Å². The maximum absolute atomic E-state index is 14.2. The van der Waals surface area contributed by atoms with Gasteiger partial charge < -0.3 is 30.5 Å². The Morgan fingerprint density at radius 2 is 2.00 bits per heavy atom. The number of halogens is 1. The molecule has 0 aliphatic carbocycles. The molecule has 6 rings (SSSR count). The Labute approximate surface area is 273 Å². The van der Waals surface area contributed by atoms with E-state index < -0.39 is 49.3 Å². The first-order chi connectivity index (χ1) is 22.5. The van der Waals surface area contributed by atoms with Crippen LogP contribution in [0, 0.1) is 5.82 Å². The Hall–Kier alpha value is -4.45. The molecule has 1 unspecified atom stereocenters. The first-order valence-electron chi connectivity index (χ1n) is 14.0. The van der Waals surface area contributed by atoms with E-state index in [2.05, 4.69) is 30.8 Å². The largest absolute Gasteiger partial charge is 0.384 e. The number of nitrogens with one attached hydrogen (secondary N) is 2. The zero-order valence-corrected chi connectivity index (χ0v) is 27.0. The van der Waals surface area contributed by atoms with Gasteiger partial charge in [-0.25, -0.2) is 14.4 Å². The van der Waals surface area contributed by atoms with Gasteiger partial charge in [0.25, 0.3) is 11.5 Å². The lowest BCUT2D eigenvalue weighted by Crippen LogP contribution is -2.36. The minimum Gasteiger partial charge on any atom is -0.384 e. The normalized spacial score (nSPS) is 16.9. The molecule has 5 heterocycles. The van der Waals surface area contributed by atoms with Gasteiger partial charge in [-0.2, -0.15) is 0 Å². The van der Waals surface area contributed by atoms with Gasteiger partial charge in [-0.1, -0.05) is 23.5 Å². The Balaban J connectivity index is 1.24. The lowest BCUT2D eigenvalue weighted by atomic mass is 10.1. The summed E-state index contributed by atoms with van der Waals surface area (Å²) in [6, 6.07) is 8.33. The number of benzene rings is 1. The predicted octanol–water partition coefficient (Wildman–Crippen LogP) is 3.84. The number of nitrogen functional groups attached to an aromatic ring is 1. The number of fused-ring (bicyclic) bond motifs is 2. The third-order valence-electron chi connectivity index (χ3n) is 7.01. The zero-order chi connectivity index (χ0) is 33.3. The number of aromatic nitrogens is 5. The summed E-state index contributed by atoms with van der Waals surface area (Å²) >= 11 is 2.24. The average Bonchev–Trinajstić information content (AvgIpc) is 3.78. The SMILES string of the molecule is CCOP(=O)(O)CO[C@@H]1C[C@@H](C(=O)NCc2cc3cnc(N)cc3s2)n2c1ncc(NC(=O)c1nnc(-c3ccccc3F)s1)c2=O. The number of anilines is 2. The molecule has 0 bridgehead atoms. The molecule has 2 amide bonds. The molecule has 3 atom stereocenters. The zero-order valence-electron chi connectivity index (χ0n) is 24.5. The molecule has 19 heteroatoms. The van der Waals surface area contributed by atoms with Crippen LogP contribution in [0.4, 0.5) is 15.9 Å². The molecule has 5 N–H and O–H groups in total. The number of pyridine rings is 1. The van der Waals surface area contributed by atoms with Crippen molar-refractivity contribution < 1.29 is 32.7 Å². The van der Waals surface area contributed by atoms with Crippen molar-refractivity contribution >= 4 is 63.7 Å². The lowest BCUT2D eigenvalue weighted by molar-refractivity contribution is -0.124. The van der Waals surface area contributed by atoms with Crippen LogP contribution >= 0.6 is 30.3 Å². The fourth-order valence-corrected chi connectivity index (χ4v) is 7.56. The van der Waals surface area contributed by atoms with Crippen molar-refractivity contribution in [3.63, 3.8) is 0 Å². The smallest absolute Gasteiger partial charge is 0.353 e. The molecule has 0 spiro atoms. The second kappa shape index (κ2) is 13.3. The number of carbonyl (C=O) groups excluding carboxylic acids is 2. The maximum Gasteiger partial charge on any atom is 0.353 e. The van der Waals surface area contributed by atoms with Crippen LogP contribution in [0.2, 0.25) is 0 Å². The van der Waals surface area contributed by atoms with Gasteiger partial charge in [-0.05, 0) is 31.2 Å². The fraction of sp³-hybridized carbons (Fsp3) is 0.250. The summed E-state index contributed by atoms with van der Waals surface area (Å²) in [4.78, 5) is 59.5. The van der Waals surface area contributed by atoms with E-state index in [-0.39, 0.29) is 46.7 Å². The standard InChI is InChI=1S/C28H26FN8O7PS2/c1-2-44-45(41,42)13-43-20-8-19(24(38)33-11-15-7-14-10-31-22(30)9-21(14)46-15)37-23(20)32-12-18(28(37)40)34-25(39)27-36-35-26(47-27)16-5-3-4-6-17(16)29/h3-7,9-10,12,19-20H,2,8,11,13H2,1H3,(H2,30,31)(H,33,38)(H,34,39)(H,41,42)/t19-,20+/m0/s1. The average molecular weight is 701 g/mol. The van der Waals surface area contributed by atoms with E-state index in [1.807, 2.05) is 6.07 Å². The highest BCUT2D eigenvalue weighted by Gasteiger charge is 2.40. The van der Waals surface area contributed by atoms with Crippen LogP contribution in [0.15, 0.2) is 53.6 Å². The maximum atomic E-state index is 14.2. The van der Waals surface area contributed by atoms with E-state index in [0.29, 0.717) is 5.82 Å². The second-order valence-electron chi connectivity index (χ2n) is 10.2. The predicted molar refractivity (Wildman–Crippen MR) is 171 cm³/mol. The summed E-state index contributed by atoms with van der Waals surface area (Å²) in [5, 5.41) is 13.9. The molecule has 4 aromatic heterocycles. The molecule has 1 aliphatic heterocycles. The van der Waals surface area contributed by atoms with E-state index >= 15 is 0 Å². The molecule has 0 saturated heterocycles. The third kappa shape index (κ3) is 6.97. The van der Waals surface area contributed by atoms with Crippen molar-refractivity contribution in [2.75, 3.05) is 24.0 Å². The monoisotopic (exact) mass is 700 g/mol. The molecule has 0 fully saturated rings. The molecular formula is C28H26FN8O7PS2. The number of ether oxygens (including phenoxy) is 1. The van der Waals surface area contributed by atoms with Crippen LogP contribution in [0.3, 0.4) is 0 Å². The quantitative estimate of drug-likeness (QED) is 0.145. The van der Waals surface area contributed by atoms with E-state index in [9.17, 15) is 28.2 Å². The number of amides is 2. The number of hydrogen-bond donors (Lipinski definition) is 4. The van der Waals surface area contributed by atoms with Crippen molar-refractivity contribution in [3.05, 3.63) is 80.7 Å². The summed E-state index contributed by atoms with van der Waals surface area (Å²) in [7, 11) is -4.11. The van der Waals surface area contributed by atoms with E-state index in [0.717, 1.165) is 37.1 Å². The topological polar surface area (TPSA) is 214 Å². The van der Waals surface area contributed by atoms with Crippen molar-refractivity contribution in [2.24, 2.45) is 0 Å². The van der Waals surface area contributed by atoms with E-state index in [1.54, 1.807) is 25.3 Å². The Bertz CT molecular complexity index is 2100. The van der Waals surface area contributed by atoms with Crippen LogP contribution in [-0.2, 0) is 25.2 Å². The minimum absolute atomic E-state index is 0.0193. The summed E-state index contributed by atoms with van der Waals surface area (Å²) in [5.74, 6) is -1.49. The number of thiophene rings is 1. The van der Waals surface area contributed by atoms with E-state index in [4.69, 9.17) is 15.0 Å². The number of rotatable bonds is 11. The molecule has 15 nitrogen and oxygen atoms in total.